The molecular formula is C48H44N4O8S2. The van der Waals surface area contributed by atoms with Gasteiger partial charge in [0.15, 0.2) is 11.5 Å². The Morgan fingerprint density at radius 3 is 1.34 bits per heavy atom. The lowest BCUT2D eigenvalue weighted by atomic mass is 10.1. The van der Waals surface area contributed by atoms with Gasteiger partial charge in [-0.3, -0.25) is 0 Å². The van der Waals surface area contributed by atoms with E-state index in [1.807, 2.05) is 146 Å². The van der Waals surface area contributed by atoms with Crippen molar-refractivity contribution in [3.05, 3.63) is 181 Å². The van der Waals surface area contributed by atoms with Crippen molar-refractivity contribution in [1.29, 1.82) is 0 Å². The summed E-state index contributed by atoms with van der Waals surface area (Å²) in [7, 11) is 0. The molecule has 2 saturated heterocycles. The number of hydroxylamine groups is 4. The summed E-state index contributed by atoms with van der Waals surface area (Å²) < 4.78 is 25.0. The van der Waals surface area contributed by atoms with Gasteiger partial charge in [-0.2, -0.15) is 0 Å². The molecule has 0 bridgehead atoms. The van der Waals surface area contributed by atoms with Gasteiger partial charge in [0.1, 0.15) is 21.6 Å². The predicted molar refractivity (Wildman–Crippen MR) is 236 cm³/mol. The van der Waals surface area contributed by atoms with E-state index in [1.165, 1.54) is 23.5 Å². The lowest BCUT2D eigenvalue weighted by Crippen LogP contribution is -2.45. The Balaban J connectivity index is 0.880. The average Bonchev–Trinajstić information content (AvgIpc) is 3.32. The fourth-order valence-electron chi connectivity index (χ4n) is 6.84. The van der Waals surface area contributed by atoms with E-state index in [0.29, 0.717) is 59.4 Å². The van der Waals surface area contributed by atoms with Gasteiger partial charge < -0.3 is 28.6 Å². The number of carbonyl (C=O) groups excluding carboxylic acids is 2. The predicted octanol–water partition coefficient (Wildman–Crippen LogP) is 9.30. The van der Waals surface area contributed by atoms with Crippen molar-refractivity contribution < 1.29 is 38.2 Å². The third-order valence-electron chi connectivity index (χ3n) is 9.73. The van der Waals surface area contributed by atoms with E-state index < -0.39 is 11.9 Å². The molecule has 14 heteroatoms. The SMILES string of the molecule is O=C(/C=C/C(=O)ON1CCO[C@H](C(Sc2ncccc2Oc2ccccc2)c2ccccc2)C1)ON1CCO[C@H](C(Sc2ncccc2Oc2ccccc2)c2ccccc2)C1. The Labute approximate surface area is 368 Å². The number of pyridine rings is 2. The molecule has 0 N–H and O–H groups in total. The van der Waals surface area contributed by atoms with Gasteiger partial charge in [-0.25, -0.2) is 19.6 Å². The van der Waals surface area contributed by atoms with Gasteiger partial charge in [-0.05, 0) is 59.7 Å². The third-order valence-corrected chi connectivity index (χ3v) is 12.4. The van der Waals surface area contributed by atoms with E-state index in [-0.39, 0.29) is 35.8 Å². The summed E-state index contributed by atoms with van der Waals surface area (Å²) in [4.78, 5) is 46.9. The minimum atomic E-state index is -0.709. The summed E-state index contributed by atoms with van der Waals surface area (Å²) in [5, 5.41) is 4.08. The Morgan fingerprint density at radius 1 is 0.548 bits per heavy atom. The number of thioether (sulfide) groups is 2. The van der Waals surface area contributed by atoms with Crippen molar-refractivity contribution in [3.63, 3.8) is 0 Å². The van der Waals surface area contributed by atoms with Crippen molar-refractivity contribution in [1.82, 2.24) is 20.1 Å². The summed E-state index contributed by atoms with van der Waals surface area (Å²) in [5.74, 6) is 1.23. The van der Waals surface area contributed by atoms with Gasteiger partial charge in [0.2, 0.25) is 0 Å². The molecule has 12 nitrogen and oxygen atoms in total. The van der Waals surface area contributed by atoms with E-state index in [0.717, 1.165) is 23.3 Å². The molecule has 0 radical (unpaired) electrons. The van der Waals surface area contributed by atoms with Gasteiger partial charge >= 0.3 is 11.9 Å². The van der Waals surface area contributed by atoms with Crippen LogP contribution in [0.5, 0.6) is 23.0 Å². The van der Waals surface area contributed by atoms with Gasteiger partial charge in [0, 0.05) is 24.5 Å². The standard InChI is InChI=1S/C48H44N4O8S2/c53-43(59-51-29-31-55-41(33-51)45(35-15-5-1-6-16-35)61-47-39(23-13-27-49-47)57-37-19-9-3-10-20-37)25-26-44(54)60-52-30-32-56-42(34-52)46(36-17-7-2-8-18-36)62-48-40(24-14-28-50-48)58-38-21-11-4-12-22-38/h1-28,41-42,45-46H,29-34H2/b26-25+/t41-,42-,45?,46?/m0/s1. The molecule has 0 amide bonds. The molecule has 4 aromatic carbocycles. The monoisotopic (exact) mass is 868 g/mol. The number of carbonyl (C=O) groups is 2. The zero-order valence-electron chi connectivity index (χ0n) is 33.6. The Morgan fingerprint density at radius 2 is 0.935 bits per heavy atom. The molecule has 0 aliphatic carbocycles. The van der Waals surface area contributed by atoms with Gasteiger partial charge in [-0.1, -0.05) is 121 Å². The van der Waals surface area contributed by atoms with Crippen LogP contribution in [0, 0.1) is 0 Å². The molecule has 62 heavy (non-hydrogen) atoms. The molecule has 0 spiro atoms. The number of hydrogen-bond donors (Lipinski definition) is 0. The normalized spacial score (nSPS) is 18.1. The number of ether oxygens (including phenoxy) is 4. The minimum Gasteiger partial charge on any atom is -0.455 e. The zero-order chi connectivity index (χ0) is 42.4. The maximum atomic E-state index is 13.1. The summed E-state index contributed by atoms with van der Waals surface area (Å²) in [5.41, 5.74) is 2.04. The fourth-order valence-corrected chi connectivity index (χ4v) is 9.24. The van der Waals surface area contributed by atoms with Crippen LogP contribution in [0.2, 0.25) is 0 Å². The molecule has 2 fully saturated rings. The highest BCUT2D eigenvalue weighted by molar-refractivity contribution is 7.99. The van der Waals surface area contributed by atoms with Crippen LogP contribution in [0.3, 0.4) is 0 Å². The molecule has 2 aliphatic heterocycles. The van der Waals surface area contributed by atoms with Crippen molar-refractivity contribution in [2.75, 3.05) is 39.4 Å². The molecule has 316 valence electrons. The first-order valence-corrected chi connectivity index (χ1v) is 21.9. The molecule has 2 unspecified atom stereocenters. The number of hydrogen-bond acceptors (Lipinski definition) is 14. The van der Waals surface area contributed by atoms with Gasteiger partial charge in [-0.15, -0.1) is 10.1 Å². The highest BCUT2D eigenvalue weighted by atomic mass is 32.2. The minimum absolute atomic E-state index is 0.220. The van der Waals surface area contributed by atoms with E-state index in [1.54, 1.807) is 22.5 Å². The lowest BCUT2D eigenvalue weighted by Gasteiger charge is -2.35. The Kier molecular flexibility index (Phi) is 14.9. The van der Waals surface area contributed by atoms with Crippen LogP contribution in [-0.2, 0) is 28.7 Å². The van der Waals surface area contributed by atoms with E-state index in [2.05, 4.69) is 9.97 Å². The third kappa shape index (κ3) is 11.9. The average molecular weight is 869 g/mol. The number of para-hydroxylation sites is 2. The maximum Gasteiger partial charge on any atom is 0.349 e. The molecule has 8 rings (SSSR count). The number of rotatable bonds is 16. The summed E-state index contributed by atoms with van der Waals surface area (Å²) in [6, 6.07) is 46.5. The van der Waals surface area contributed by atoms with Crippen LogP contribution >= 0.6 is 23.5 Å². The summed E-state index contributed by atoms with van der Waals surface area (Å²) in [6.45, 7) is 1.93. The van der Waals surface area contributed by atoms with Crippen LogP contribution in [0.25, 0.3) is 0 Å². The highest BCUT2D eigenvalue weighted by Gasteiger charge is 2.34. The van der Waals surface area contributed by atoms with E-state index in [4.69, 9.17) is 28.6 Å². The highest BCUT2D eigenvalue weighted by Crippen LogP contribution is 2.45. The largest absolute Gasteiger partial charge is 0.455 e. The first-order valence-electron chi connectivity index (χ1n) is 20.2. The summed E-state index contributed by atoms with van der Waals surface area (Å²) >= 11 is 3.04. The smallest absolute Gasteiger partial charge is 0.349 e. The number of benzene rings is 4. The number of morpholine rings is 2. The van der Waals surface area contributed by atoms with Crippen molar-refractivity contribution >= 4 is 35.5 Å². The number of aromatic nitrogens is 2. The van der Waals surface area contributed by atoms with Crippen LogP contribution in [0.15, 0.2) is 180 Å². The van der Waals surface area contributed by atoms with Crippen LogP contribution in [-0.4, -0.2) is 83.6 Å². The maximum absolute atomic E-state index is 13.1. The van der Waals surface area contributed by atoms with Gasteiger partial charge in [0.05, 0.1) is 62.1 Å². The van der Waals surface area contributed by atoms with Crippen molar-refractivity contribution in [2.24, 2.45) is 0 Å². The molecule has 4 atom stereocenters. The van der Waals surface area contributed by atoms with Gasteiger partial charge in [0.25, 0.3) is 0 Å². The molecule has 0 saturated carbocycles. The first-order chi connectivity index (χ1) is 30.5. The van der Waals surface area contributed by atoms with E-state index in [9.17, 15) is 9.59 Å². The first kappa shape index (κ1) is 42.7. The quantitative estimate of drug-likeness (QED) is 0.0678. The topological polar surface area (TPSA) is 122 Å². The molecular weight excluding hydrogens is 825 g/mol. The second-order valence-electron chi connectivity index (χ2n) is 14.1. The molecule has 6 aromatic rings. The number of nitrogens with zero attached hydrogens (tertiary/aromatic N) is 4. The Bertz CT molecular complexity index is 2220. The Hall–Kier alpha value is -6.00. The molecule has 4 heterocycles. The second kappa shape index (κ2) is 21.7. The molecule has 2 aliphatic rings. The van der Waals surface area contributed by atoms with Crippen molar-refractivity contribution in [3.8, 4) is 23.0 Å². The second-order valence-corrected chi connectivity index (χ2v) is 16.4. The fraction of sp³-hybridized carbons (Fsp3) is 0.208. The van der Waals surface area contributed by atoms with E-state index >= 15 is 0 Å². The van der Waals surface area contributed by atoms with Crippen molar-refractivity contribution in [2.45, 2.75) is 32.8 Å². The lowest BCUT2D eigenvalue weighted by molar-refractivity contribution is -0.212. The van der Waals surface area contributed by atoms with Crippen LogP contribution in [0.1, 0.15) is 21.6 Å². The zero-order valence-corrected chi connectivity index (χ0v) is 35.2. The van der Waals surface area contributed by atoms with Crippen LogP contribution in [0.4, 0.5) is 0 Å². The van der Waals surface area contributed by atoms with Crippen LogP contribution < -0.4 is 9.47 Å². The molecule has 2 aromatic heterocycles. The summed E-state index contributed by atoms with van der Waals surface area (Å²) in [6.07, 6.45) is 4.86.